The highest BCUT2D eigenvalue weighted by Crippen LogP contribution is 2.29. The molecule has 2 aliphatic rings. The van der Waals surface area contributed by atoms with E-state index in [4.69, 9.17) is 0 Å². The summed E-state index contributed by atoms with van der Waals surface area (Å²) in [5, 5.41) is 2.34. The standard InChI is InChI=1S/C17H19N5O2/c1-20-9-12-4-3-11(7-13(12)10-20)16-18-8-15(21(16)2)22-6-5-14(23)19-17(22)24/h3-4,7-8H,5-6,9-10H2,1-2H3,(H,19,23,24). The molecule has 4 rings (SSSR count). The molecule has 2 aromatic rings. The van der Waals surface area contributed by atoms with Crippen LogP contribution in [0.2, 0.25) is 0 Å². The molecule has 1 aromatic heterocycles. The van der Waals surface area contributed by atoms with Crippen molar-refractivity contribution < 1.29 is 9.59 Å². The van der Waals surface area contributed by atoms with Crippen LogP contribution in [0.4, 0.5) is 10.6 Å². The maximum atomic E-state index is 12.0. The lowest BCUT2D eigenvalue weighted by Crippen LogP contribution is -2.50. The number of nitrogens with one attached hydrogen (secondary N) is 1. The van der Waals surface area contributed by atoms with Crippen molar-refractivity contribution in [3.05, 3.63) is 35.5 Å². The number of hydrogen-bond acceptors (Lipinski definition) is 4. The molecule has 1 aromatic carbocycles. The number of nitrogens with zero attached hydrogens (tertiary/aromatic N) is 4. The van der Waals surface area contributed by atoms with E-state index in [1.165, 1.54) is 11.1 Å². The largest absolute Gasteiger partial charge is 0.329 e. The van der Waals surface area contributed by atoms with E-state index in [9.17, 15) is 9.59 Å². The number of anilines is 1. The maximum Gasteiger partial charge on any atom is 0.329 e. The molecule has 0 bridgehead atoms. The van der Waals surface area contributed by atoms with Crippen molar-refractivity contribution in [2.24, 2.45) is 7.05 Å². The number of urea groups is 1. The molecule has 3 amide bonds. The highest BCUT2D eigenvalue weighted by molar-refractivity contribution is 6.05. The van der Waals surface area contributed by atoms with Crippen LogP contribution in [-0.2, 0) is 24.9 Å². The maximum absolute atomic E-state index is 12.0. The summed E-state index contributed by atoms with van der Waals surface area (Å²) in [4.78, 5) is 31.7. The smallest absolute Gasteiger partial charge is 0.314 e. The van der Waals surface area contributed by atoms with Gasteiger partial charge in [0.1, 0.15) is 11.6 Å². The van der Waals surface area contributed by atoms with Crippen LogP contribution in [0, 0.1) is 0 Å². The Balaban J connectivity index is 1.67. The Hall–Kier alpha value is -2.67. The quantitative estimate of drug-likeness (QED) is 0.908. The van der Waals surface area contributed by atoms with Crippen LogP contribution in [0.15, 0.2) is 24.4 Å². The van der Waals surface area contributed by atoms with Gasteiger partial charge >= 0.3 is 6.03 Å². The summed E-state index contributed by atoms with van der Waals surface area (Å²) < 4.78 is 1.90. The highest BCUT2D eigenvalue weighted by Gasteiger charge is 2.27. The van der Waals surface area contributed by atoms with E-state index in [2.05, 4.69) is 40.4 Å². The number of rotatable bonds is 2. The normalized spacial score (nSPS) is 18.0. The van der Waals surface area contributed by atoms with Gasteiger partial charge in [0.25, 0.3) is 0 Å². The van der Waals surface area contributed by atoms with E-state index in [-0.39, 0.29) is 5.91 Å². The number of aromatic nitrogens is 2. The van der Waals surface area contributed by atoms with Crippen molar-refractivity contribution in [3.63, 3.8) is 0 Å². The van der Waals surface area contributed by atoms with Crippen LogP contribution in [-0.4, -0.2) is 40.0 Å². The van der Waals surface area contributed by atoms with Crippen LogP contribution >= 0.6 is 0 Å². The van der Waals surface area contributed by atoms with Gasteiger partial charge in [-0.2, -0.15) is 0 Å². The highest BCUT2D eigenvalue weighted by atomic mass is 16.2. The fourth-order valence-corrected chi connectivity index (χ4v) is 3.41. The molecule has 3 heterocycles. The fraction of sp³-hybridized carbons (Fsp3) is 0.353. The molecular formula is C17H19N5O2. The number of benzene rings is 1. The molecule has 124 valence electrons. The SMILES string of the molecule is CN1Cc2ccc(-c3ncc(N4CCC(=O)NC4=O)n3C)cc2C1. The van der Waals surface area contributed by atoms with E-state index in [1.807, 2.05) is 11.6 Å². The second-order valence-electron chi connectivity index (χ2n) is 6.41. The molecule has 24 heavy (non-hydrogen) atoms. The van der Waals surface area contributed by atoms with Gasteiger partial charge in [-0.1, -0.05) is 12.1 Å². The molecule has 0 aliphatic carbocycles. The Morgan fingerprint density at radius 2 is 1.92 bits per heavy atom. The molecule has 1 fully saturated rings. The van der Waals surface area contributed by atoms with Crippen molar-refractivity contribution in [1.29, 1.82) is 0 Å². The molecule has 0 atom stereocenters. The molecule has 1 saturated heterocycles. The predicted molar refractivity (Wildman–Crippen MR) is 89.3 cm³/mol. The van der Waals surface area contributed by atoms with Gasteiger partial charge in [-0.25, -0.2) is 9.78 Å². The molecule has 0 spiro atoms. The summed E-state index contributed by atoms with van der Waals surface area (Å²) in [6.07, 6.45) is 1.99. The Morgan fingerprint density at radius 1 is 1.12 bits per heavy atom. The second-order valence-corrected chi connectivity index (χ2v) is 6.41. The third-order valence-electron chi connectivity index (χ3n) is 4.64. The minimum atomic E-state index is -0.392. The van der Waals surface area contributed by atoms with Crippen LogP contribution in [0.5, 0.6) is 0 Å². The molecule has 7 heteroatoms. The molecule has 0 saturated carbocycles. The number of hydrogen-bond donors (Lipinski definition) is 1. The average molecular weight is 325 g/mol. The second kappa shape index (κ2) is 5.45. The summed E-state index contributed by atoms with van der Waals surface area (Å²) in [5.41, 5.74) is 3.71. The first-order chi connectivity index (χ1) is 11.5. The first kappa shape index (κ1) is 14.9. The molecular weight excluding hydrogens is 306 g/mol. The molecule has 0 unspecified atom stereocenters. The van der Waals surface area contributed by atoms with Gasteiger partial charge in [-0.05, 0) is 24.2 Å². The first-order valence-corrected chi connectivity index (χ1v) is 7.96. The Labute approximate surface area is 139 Å². The lowest BCUT2D eigenvalue weighted by atomic mass is 10.1. The summed E-state index contributed by atoms with van der Waals surface area (Å²) in [6.45, 7) is 2.29. The van der Waals surface area contributed by atoms with Gasteiger partial charge in [-0.15, -0.1) is 0 Å². The van der Waals surface area contributed by atoms with Crippen LogP contribution in [0.25, 0.3) is 11.4 Å². The number of amides is 3. The minimum absolute atomic E-state index is 0.235. The number of imidazole rings is 1. The van der Waals surface area contributed by atoms with E-state index in [0.717, 1.165) is 24.5 Å². The van der Waals surface area contributed by atoms with Gasteiger partial charge in [0.2, 0.25) is 5.91 Å². The van der Waals surface area contributed by atoms with Crippen molar-refractivity contribution in [2.75, 3.05) is 18.5 Å². The number of fused-ring (bicyclic) bond motifs is 1. The van der Waals surface area contributed by atoms with E-state index in [0.29, 0.717) is 18.8 Å². The summed E-state index contributed by atoms with van der Waals surface area (Å²) in [5.74, 6) is 1.26. The minimum Gasteiger partial charge on any atom is -0.314 e. The predicted octanol–water partition coefficient (Wildman–Crippen LogP) is 1.48. The van der Waals surface area contributed by atoms with Gasteiger partial charge in [0.15, 0.2) is 0 Å². The average Bonchev–Trinajstić information content (AvgIpc) is 3.08. The zero-order valence-electron chi connectivity index (χ0n) is 13.7. The number of imide groups is 1. The van der Waals surface area contributed by atoms with Crippen molar-refractivity contribution in [1.82, 2.24) is 19.8 Å². The van der Waals surface area contributed by atoms with E-state index >= 15 is 0 Å². The van der Waals surface area contributed by atoms with E-state index < -0.39 is 6.03 Å². The molecule has 1 N–H and O–H groups in total. The van der Waals surface area contributed by atoms with Crippen molar-refractivity contribution in [3.8, 4) is 11.4 Å². The Bertz CT molecular complexity index is 842. The first-order valence-electron chi connectivity index (χ1n) is 7.96. The third-order valence-corrected chi connectivity index (χ3v) is 4.64. The topological polar surface area (TPSA) is 70.5 Å². The van der Waals surface area contributed by atoms with Crippen molar-refractivity contribution in [2.45, 2.75) is 19.5 Å². The number of carbonyl (C=O) groups is 2. The lowest BCUT2D eigenvalue weighted by molar-refractivity contribution is -0.120. The monoisotopic (exact) mass is 325 g/mol. The zero-order chi connectivity index (χ0) is 16.8. The van der Waals surface area contributed by atoms with Crippen LogP contribution in [0.1, 0.15) is 17.5 Å². The molecule has 7 nitrogen and oxygen atoms in total. The van der Waals surface area contributed by atoms with Gasteiger partial charge in [0, 0.05) is 38.7 Å². The Kier molecular flexibility index (Phi) is 3.38. The summed E-state index contributed by atoms with van der Waals surface area (Å²) in [7, 11) is 4.00. The number of carbonyl (C=O) groups excluding carboxylic acids is 2. The molecule has 0 radical (unpaired) electrons. The lowest BCUT2D eigenvalue weighted by Gasteiger charge is -2.26. The van der Waals surface area contributed by atoms with Gasteiger partial charge in [0.05, 0.1) is 6.20 Å². The van der Waals surface area contributed by atoms with Crippen LogP contribution in [0.3, 0.4) is 0 Å². The van der Waals surface area contributed by atoms with Gasteiger partial charge < -0.3 is 4.57 Å². The zero-order valence-corrected chi connectivity index (χ0v) is 13.7. The van der Waals surface area contributed by atoms with Gasteiger partial charge in [-0.3, -0.25) is 19.9 Å². The third kappa shape index (κ3) is 2.37. The van der Waals surface area contributed by atoms with Crippen molar-refractivity contribution >= 4 is 17.8 Å². The van der Waals surface area contributed by atoms with Crippen LogP contribution < -0.4 is 10.2 Å². The Morgan fingerprint density at radius 3 is 2.71 bits per heavy atom. The fourth-order valence-electron chi connectivity index (χ4n) is 3.41. The summed E-state index contributed by atoms with van der Waals surface area (Å²) in [6, 6.07) is 6.00. The molecule has 2 aliphatic heterocycles. The summed E-state index contributed by atoms with van der Waals surface area (Å²) >= 11 is 0. The van der Waals surface area contributed by atoms with E-state index in [1.54, 1.807) is 11.1 Å².